The maximum atomic E-state index is 12.4. The minimum Gasteiger partial charge on any atom is -0.354 e. The zero-order chi connectivity index (χ0) is 18.5. The molecule has 1 aliphatic heterocycles. The predicted octanol–water partition coefficient (Wildman–Crippen LogP) is 2.61. The molecular formula is C20H23N5O. The number of amides is 1. The van der Waals surface area contributed by atoms with Crippen LogP contribution in [0.3, 0.4) is 0 Å². The van der Waals surface area contributed by atoms with Crippen molar-refractivity contribution in [3.63, 3.8) is 0 Å². The van der Waals surface area contributed by atoms with E-state index in [0.29, 0.717) is 24.0 Å². The van der Waals surface area contributed by atoms with Gasteiger partial charge in [0.05, 0.1) is 0 Å². The van der Waals surface area contributed by atoms with Crippen LogP contribution in [0.25, 0.3) is 0 Å². The maximum absolute atomic E-state index is 12.4. The van der Waals surface area contributed by atoms with E-state index < -0.39 is 0 Å². The second kappa shape index (κ2) is 7.96. The van der Waals surface area contributed by atoms with Crippen LogP contribution in [0.15, 0.2) is 30.6 Å². The first kappa shape index (κ1) is 17.9. The molecule has 6 heteroatoms. The van der Waals surface area contributed by atoms with Gasteiger partial charge < -0.3 is 10.2 Å². The summed E-state index contributed by atoms with van der Waals surface area (Å²) in [5, 5.41) is 12.2. The first-order chi connectivity index (χ1) is 12.6. The number of nitrogens with zero attached hydrogens (tertiary/aromatic N) is 4. The van der Waals surface area contributed by atoms with Gasteiger partial charge in [-0.2, -0.15) is 5.26 Å². The molecule has 0 bridgehead atoms. The predicted molar refractivity (Wildman–Crippen MR) is 99.9 cm³/mol. The fourth-order valence-electron chi connectivity index (χ4n) is 3.39. The van der Waals surface area contributed by atoms with E-state index in [0.717, 1.165) is 42.6 Å². The Labute approximate surface area is 153 Å². The summed E-state index contributed by atoms with van der Waals surface area (Å²) in [5.41, 5.74) is 3.27. The summed E-state index contributed by atoms with van der Waals surface area (Å²) in [6.07, 6.45) is 5.06. The first-order valence-corrected chi connectivity index (χ1v) is 8.90. The highest BCUT2D eigenvalue weighted by Gasteiger charge is 2.23. The number of anilines is 1. The minimum absolute atomic E-state index is 0.00868. The lowest BCUT2D eigenvalue weighted by Crippen LogP contribution is -2.39. The van der Waals surface area contributed by atoms with Crippen LogP contribution < -0.4 is 10.2 Å². The van der Waals surface area contributed by atoms with Gasteiger partial charge in [-0.25, -0.2) is 9.97 Å². The molecule has 0 unspecified atom stereocenters. The number of hydrogen-bond acceptors (Lipinski definition) is 5. The molecule has 1 N–H and O–H groups in total. The number of rotatable bonds is 4. The highest BCUT2D eigenvalue weighted by molar-refractivity contribution is 5.95. The Morgan fingerprint density at radius 3 is 2.69 bits per heavy atom. The van der Waals surface area contributed by atoms with E-state index >= 15 is 0 Å². The largest absolute Gasteiger partial charge is 0.354 e. The summed E-state index contributed by atoms with van der Waals surface area (Å²) < 4.78 is 0. The topological polar surface area (TPSA) is 81.9 Å². The van der Waals surface area contributed by atoms with Crippen LogP contribution in [0, 0.1) is 31.1 Å². The maximum Gasteiger partial charge on any atom is 0.251 e. The molecule has 1 saturated heterocycles. The molecule has 1 aromatic heterocycles. The number of piperidine rings is 1. The second-order valence-electron chi connectivity index (χ2n) is 6.80. The fraction of sp³-hybridized carbons (Fsp3) is 0.400. The minimum atomic E-state index is -0.00868. The summed E-state index contributed by atoms with van der Waals surface area (Å²) in [6, 6.07) is 7.98. The zero-order valence-corrected chi connectivity index (χ0v) is 15.2. The van der Waals surface area contributed by atoms with Gasteiger partial charge in [0.1, 0.15) is 6.07 Å². The van der Waals surface area contributed by atoms with Crippen molar-refractivity contribution in [3.8, 4) is 6.07 Å². The Balaban J connectivity index is 1.53. The molecule has 1 fully saturated rings. The number of benzene rings is 1. The number of aryl methyl sites for hydroxylation is 2. The van der Waals surface area contributed by atoms with Crippen LogP contribution in [-0.2, 0) is 0 Å². The van der Waals surface area contributed by atoms with Crippen LogP contribution in [0.1, 0.15) is 40.0 Å². The standard InChI is InChI=1S/C20H23N5O/c1-14-3-4-17(15(2)11-14)20(26)24-13-16-5-9-25(10-6-16)19-18(12-21)22-7-8-23-19/h3-4,7-8,11,16H,5-6,9-10,13H2,1-2H3,(H,24,26). The van der Waals surface area contributed by atoms with Crippen molar-refractivity contribution in [1.82, 2.24) is 15.3 Å². The quantitative estimate of drug-likeness (QED) is 0.917. The highest BCUT2D eigenvalue weighted by Crippen LogP contribution is 2.23. The molecule has 0 spiro atoms. The van der Waals surface area contributed by atoms with Crippen LogP contribution in [0.4, 0.5) is 5.82 Å². The molecule has 3 rings (SSSR count). The lowest BCUT2D eigenvalue weighted by Gasteiger charge is -2.32. The Hall–Kier alpha value is -2.94. The smallest absolute Gasteiger partial charge is 0.251 e. The van der Waals surface area contributed by atoms with Gasteiger partial charge in [-0.05, 0) is 44.2 Å². The lowest BCUT2D eigenvalue weighted by atomic mass is 9.96. The van der Waals surface area contributed by atoms with E-state index in [1.807, 2.05) is 32.0 Å². The first-order valence-electron chi connectivity index (χ1n) is 8.90. The number of carbonyl (C=O) groups is 1. The van der Waals surface area contributed by atoms with Crippen molar-refractivity contribution in [2.75, 3.05) is 24.5 Å². The number of nitrogens with one attached hydrogen (secondary N) is 1. The van der Waals surface area contributed by atoms with E-state index in [9.17, 15) is 4.79 Å². The average Bonchev–Trinajstić information content (AvgIpc) is 2.66. The molecular weight excluding hydrogens is 326 g/mol. The molecule has 2 aromatic rings. The van der Waals surface area contributed by atoms with Crippen molar-refractivity contribution >= 4 is 11.7 Å². The summed E-state index contributed by atoms with van der Waals surface area (Å²) in [7, 11) is 0. The Morgan fingerprint density at radius 2 is 2.00 bits per heavy atom. The Morgan fingerprint density at radius 1 is 1.27 bits per heavy atom. The van der Waals surface area contributed by atoms with E-state index in [4.69, 9.17) is 5.26 Å². The monoisotopic (exact) mass is 349 g/mol. The van der Waals surface area contributed by atoms with Gasteiger partial charge in [0.15, 0.2) is 11.5 Å². The molecule has 0 saturated carbocycles. The number of carbonyl (C=O) groups excluding carboxylic acids is 1. The van der Waals surface area contributed by atoms with E-state index in [-0.39, 0.29) is 5.91 Å². The van der Waals surface area contributed by atoms with E-state index in [1.165, 1.54) is 6.20 Å². The van der Waals surface area contributed by atoms with Crippen molar-refractivity contribution in [1.29, 1.82) is 5.26 Å². The molecule has 0 atom stereocenters. The van der Waals surface area contributed by atoms with Gasteiger partial charge in [-0.15, -0.1) is 0 Å². The van der Waals surface area contributed by atoms with Gasteiger partial charge >= 0.3 is 0 Å². The van der Waals surface area contributed by atoms with Crippen LogP contribution in [-0.4, -0.2) is 35.5 Å². The Kier molecular flexibility index (Phi) is 5.47. The Bertz CT molecular complexity index is 834. The zero-order valence-electron chi connectivity index (χ0n) is 15.2. The van der Waals surface area contributed by atoms with Crippen molar-refractivity contribution in [2.24, 2.45) is 5.92 Å². The third-order valence-corrected chi connectivity index (χ3v) is 4.88. The molecule has 26 heavy (non-hydrogen) atoms. The van der Waals surface area contributed by atoms with E-state index in [2.05, 4.69) is 26.3 Å². The summed E-state index contributed by atoms with van der Waals surface area (Å²) in [4.78, 5) is 22.9. The van der Waals surface area contributed by atoms with Crippen LogP contribution in [0.5, 0.6) is 0 Å². The second-order valence-corrected chi connectivity index (χ2v) is 6.80. The summed E-state index contributed by atoms with van der Waals surface area (Å²) >= 11 is 0. The molecule has 1 aromatic carbocycles. The third-order valence-electron chi connectivity index (χ3n) is 4.88. The molecule has 1 aliphatic rings. The molecule has 6 nitrogen and oxygen atoms in total. The SMILES string of the molecule is Cc1ccc(C(=O)NCC2CCN(c3nccnc3C#N)CC2)c(C)c1. The summed E-state index contributed by atoms with van der Waals surface area (Å²) in [5.74, 6) is 1.08. The average molecular weight is 349 g/mol. The summed E-state index contributed by atoms with van der Waals surface area (Å²) in [6.45, 7) is 6.30. The fourth-order valence-corrected chi connectivity index (χ4v) is 3.39. The normalized spacial score (nSPS) is 14.7. The van der Waals surface area contributed by atoms with Crippen LogP contribution >= 0.6 is 0 Å². The number of aromatic nitrogens is 2. The number of hydrogen-bond donors (Lipinski definition) is 1. The van der Waals surface area contributed by atoms with Gasteiger partial charge in [0.25, 0.3) is 5.91 Å². The molecule has 2 heterocycles. The highest BCUT2D eigenvalue weighted by atomic mass is 16.1. The molecule has 1 amide bonds. The van der Waals surface area contributed by atoms with E-state index in [1.54, 1.807) is 6.20 Å². The number of nitriles is 1. The van der Waals surface area contributed by atoms with Crippen molar-refractivity contribution in [3.05, 3.63) is 53.0 Å². The van der Waals surface area contributed by atoms with Gasteiger partial charge in [-0.3, -0.25) is 4.79 Å². The third kappa shape index (κ3) is 3.99. The molecule has 134 valence electrons. The molecule has 0 radical (unpaired) electrons. The lowest BCUT2D eigenvalue weighted by molar-refractivity contribution is 0.0944. The van der Waals surface area contributed by atoms with Crippen LogP contribution in [0.2, 0.25) is 0 Å². The van der Waals surface area contributed by atoms with Crippen molar-refractivity contribution < 1.29 is 4.79 Å². The van der Waals surface area contributed by atoms with Gasteiger partial charge in [-0.1, -0.05) is 17.7 Å². The van der Waals surface area contributed by atoms with Crippen molar-refractivity contribution in [2.45, 2.75) is 26.7 Å². The molecule has 0 aliphatic carbocycles. The van der Waals surface area contributed by atoms with Gasteiger partial charge in [0, 0.05) is 37.6 Å². The van der Waals surface area contributed by atoms with Gasteiger partial charge in [0.2, 0.25) is 0 Å².